The molecule has 0 heterocycles. The molecule has 1 amide bonds. The summed E-state index contributed by atoms with van der Waals surface area (Å²) in [7, 11) is 0. The van der Waals surface area contributed by atoms with Crippen LogP contribution >= 0.6 is 0 Å². The third-order valence-corrected chi connectivity index (χ3v) is 3.04. The van der Waals surface area contributed by atoms with Gasteiger partial charge in [-0.25, -0.2) is 5.48 Å². The zero-order valence-electron chi connectivity index (χ0n) is 9.38. The zero-order valence-corrected chi connectivity index (χ0v) is 9.38. The van der Waals surface area contributed by atoms with Crippen LogP contribution in [0, 0.1) is 11.8 Å². The number of hydrogen-bond donors (Lipinski definition) is 1. The molecule has 82 valence electrons. The lowest BCUT2D eigenvalue weighted by Gasteiger charge is -2.17. The second kappa shape index (κ2) is 5.35. The van der Waals surface area contributed by atoms with E-state index in [2.05, 4.69) is 5.48 Å². The van der Waals surface area contributed by atoms with Gasteiger partial charge in [-0.1, -0.05) is 33.6 Å². The topological polar surface area (TPSA) is 38.3 Å². The lowest BCUT2D eigenvalue weighted by atomic mass is 9.98. The molecule has 1 saturated carbocycles. The molecule has 14 heavy (non-hydrogen) atoms. The van der Waals surface area contributed by atoms with Crippen molar-refractivity contribution in [2.45, 2.75) is 52.6 Å². The first-order valence-corrected chi connectivity index (χ1v) is 5.56. The third kappa shape index (κ3) is 3.29. The van der Waals surface area contributed by atoms with Crippen LogP contribution in [0.3, 0.4) is 0 Å². The number of carbonyl (C=O) groups is 1. The summed E-state index contributed by atoms with van der Waals surface area (Å²) in [6.07, 6.45) is 4.85. The number of carbonyl (C=O) groups excluding carboxylic acids is 1. The summed E-state index contributed by atoms with van der Waals surface area (Å²) in [5, 5.41) is 0. The summed E-state index contributed by atoms with van der Waals surface area (Å²) in [5.74, 6) is 0.394. The molecule has 1 fully saturated rings. The van der Waals surface area contributed by atoms with E-state index >= 15 is 0 Å². The van der Waals surface area contributed by atoms with E-state index in [0.29, 0.717) is 5.92 Å². The first-order valence-electron chi connectivity index (χ1n) is 5.56. The predicted octanol–water partition coefficient (Wildman–Crippen LogP) is 2.27. The first kappa shape index (κ1) is 11.5. The van der Waals surface area contributed by atoms with Crippen molar-refractivity contribution in [2.24, 2.45) is 11.8 Å². The third-order valence-electron chi connectivity index (χ3n) is 3.04. The van der Waals surface area contributed by atoms with Crippen molar-refractivity contribution in [1.82, 2.24) is 5.48 Å². The minimum absolute atomic E-state index is 0.00639. The van der Waals surface area contributed by atoms with Crippen LogP contribution in [0.2, 0.25) is 0 Å². The van der Waals surface area contributed by atoms with Gasteiger partial charge in [-0.3, -0.25) is 9.63 Å². The van der Waals surface area contributed by atoms with Crippen LogP contribution in [0.25, 0.3) is 0 Å². The molecular weight excluding hydrogens is 178 g/mol. The van der Waals surface area contributed by atoms with E-state index in [1.807, 2.05) is 20.8 Å². The Morgan fingerprint density at radius 1 is 1.29 bits per heavy atom. The average molecular weight is 199 g/mol. The second-order valence-corrected chi connectivity index (χ2v) is 4.52. The van der Waals surface area contributed by atoms with Gasteiger partial charge < -0.3 is 0 Å². The quantitative estimate of drug-likeness (QED) is 0.705. The number of hydrogen-bond acceptors (Lipinski definition) is 2. The van der Waals surface area contributed by atoms with Crippen LogP contribution in [0.1, 0.15) is 46.5 Å². The van der Waals surface area contributed by atoms with Gasteiger partial charge in [-0.05, 0) is 18.8 Å². The van der Waals surface area contributed by atoms with Crippen LogP contribution in [-0.4, -0.2) is 12.0 Å². The SMILES string of the molecule is CC(C)C(C)C(=O)NOC1CCCC1. The maximum atomic E-state index is 11.5. The molecular formula is C11H21NO2. The highest BCUT2D eigenvalue weighted by Gasteiger charge is 2.20. The fourth-order valence-electron chi connectivity index (χ4n) is 1.54. The molecule has 1 unspecified atom stereocenters. The van der Waals surface area contributed by atoms with E-state index in [1.54, 1.807) is 0 Å². The average Bonchev–Trinajstić information content (AvgIpc) is 2.65. The molecule has 0 aromatic rings. The number of rotatable bonds is 4. The van der Waals surface area contributed by atoms with Crippen molar-refractivity contribution in [3.05, 3.63) is 0 Å². The Morgan fingerprint density at radius 3 is 2.36 bits per heavy atom. The minimum Gasteiger partial charge on any atom is -0.273 e. The van der Waals surface area contributed by atoms with Crippen molar-refractivity contribution >= 4 is 5.91 Å². The van der Waals surface area contributed by atoms with E-state index in [0.717, 1.165) is 12.8 Å². The van der Waals surface area contributed by atoms with Crippen LogP contribution in [0.5, 0.6) is 0 Å². The molecule has 0 saturated heterocycles. The van der Waals surface area contributed by atoms with Crippen LogP contribution < -0.4 is 5.48 Å². The lowest BCUT2D eigenvalue weighted by Crippen LogP contribution is -2.34. The largest absolute Gasteiger partial charge is 0.273 e. The van der Waals surface area contributed by atoms with E-state index in [9.17, 15) is 4.79 Å². The Bertz CT molecular complexity index is 186. The van der Waals surface area contributed by atoms with Crippen molar-refractivity contribution in [3.8, 4) is 0 Å². The maximum Gasteiger partial charge on any atom is 0.246 e. The molecule has 0 bridgehead atoms. The van der Waals surface area contributed by atoms with Gasteiger partial charge in [-0.2, -0.15) is 0 Å². The summed E-state index contributed by atoms with van der Waals surface area (Å²) in [6, 6.07) is 0. The van der Waals surface area contributed by atoms with Crippen LogP contribution in [-0.2, 0) is 9.63 Å². The monoisotopic (exact) mass is 199 g/mol. The molecule has 3 nitrogen and oxygen atoms in total. The lowest BCUT2D eigenvalue weighted by molar-refractivity contribution is -0.143. The van der Waals surface area contributed by atoms with Gasteiger partial charge in [-0.15, -0.1) is 0 Å². The Balaban J connectivity index is 2.19. The van der Waals surface area contributed by atoms with Crippen molar-refractivity contribution in [2.75, 3.05) is 0 Å². The summed E-state index contributed by atoms with van der Waals surface area (Å²) < 4.78 is 0. The maximum absolute atomic E-state index is 11.5. The van der Waals surface area contributed by atoms with Gasteiger partial charge in [0.2, 0.25) is 5.91 Å². The molecule has 3 heteroatoms. The normalized spacial score (nSPS) is 20.0. The Labute approximate surface area is 86.2 Å². The van der Waals surface area contributed by atoms with Gasteiger partial charge in [0.1, 0.15) is 0 Å². The summed E-state index contributed by atoms with van der Waals surface area (Å²) in [4.78, 5) is 16.8. The Hall–Kier alpha value is -0.570. The van der Waals surface area contributed by atoms with Crippen molar-refractivity contribution in [3.63, 3.8) is 0 Å². The smallest absolute Gasteiger partial charge is 0.246 e. The molecule has 0 spiro atoms. The highest BCUT2D eigenvalue weighted by atomic mass is 16.7. The van der Waals surface area contributed by atoms with E-state index in [-0.39, 0.29) is 17.9 Å². The molecule has 1 aliphatic carbocycles. The standard InChI is InChI=1S/C11H21NO2/c1-8(2)9(3)11(13)12-14-10-6-4-5-7-10/h8-10H,4-7H2,1-3H3,(H,12,13). The second-order valence-electron chi connectivity index (χ2n) is 4.52. The van der Waals surface area contributed by atoms with Crippen molar-refractivity contribution in [1.29, 1.82) is 0 Å². The van der Waals surface area contributed by atoms with Gasteiger partial charge >= 0.3 is 0 Å². The minimum atomic E-state index is 0.00639. The van der Waals surface area contributed by atoms with E-state index in [1.165, 1.54) is 12.8 Å². The molecule has 1 rings (SSSR count). The number of nitrogens with one attached hydrogen (secondary N) is 1. The summed E-state index contributed by atoms with van der Waals surface area (Å²) >= 11 is 0. The first-order chi connectivity index (χ1) is 6.61. The van der Waals surface area contributed by atoms with E-state index < -0.39 is 0 Å². The van der Waals surface area contributed by atoms with Crippen LogP contribution in [0.15, 0.2) is 0 Å². The highest BCUT2D eigenvalue weighted by Crippen LogP contribution is 2.20. The molecule has 0 aromatic carbocycles. The number of hydroxylamine groups is 1. The van der Waals surface area contributed by atoms with Gasteiger partial charge in [0.25, 0.3) is 0 Å². The fourth-order valence-corrected chi connectivity index (χ4v) is 1.54. The Kier molecular flexibility index (Phi) is 4.39. The van der Waals surface area contributed by atoms with Gasteiger partial charge in [0.15, 0.2) is 0 Å². The van der Waals surface area contributed by atoms with E-state index in [4.69, 9.17) is 4.84 Å². The van der Waals surface area contributed by atoms with Gasteiger partial charge in [0.05, 0.1) is 6.10 Å². The summed E-state index contributed by atoms with van der Waals surface area (Å²) in [5.41, 5.74) is 2.57. The molecule has 0 aliphatic heterocycles. The fraction of sp³-hybridized carbons (Fsp3) is 0.909. The number of amides is 1. The molecule has 1 aliphatic rings. The van der Waals surface area contributed by atoms with Crippen LogP contribution in [0.4, 0.5) is 0 Å². The molecule has 0 radical (unpaired) electrons. The molecule has 0 aromatic heterocycles. The summed E-state index contributed by atoms with van der Waals surface area (Å²) in [6.45, 7) is 6.01. The molecule has 1 atom stereocenters. The molecule has 1 N–H and O–H groups in total. The van der Waals surface area contributed by atoms with Crippen molar-refractivity contribution < 1.29 is 9.63 Å². The van der Waals surface area contributed by atoms with Gasteiger partial charge in [0, 0.05) is 5.92 Å². The predicted molar refractivity (Wildman–Crippen MR) is 55.5 cm³/mol. The Morgan fingerprint density at radius 2 is 1.86 bits per heavy atom. The zero-order chi connectivity index (χ0) is 10.6. The highest BCUT2D eigenvalue weighted by molar-refractivity contribution is 5.77.